The quantitative estimate of drug-likeness (QED) is 0.0524. The summed E-state index contributed by atoms with van der Waals surface area (Å²) in [5.41, 5.74) is 4.92. The molecule has 17 nitrogen and oxygen atoms in total. The summed E-state index contributed by atoms with van der Waals surface area (Å²) in [6, 6.07) is 18.7. The lowest BCUT2D eigenvalue weighted by molar-refractivity contribution is -0.144. The number of rotatable bonds is 19. The van der Waals surface area contributed by atoms with E-state index in [1.54, 1.807) is 23.5 Å². The van der Waals surface area contributed by atoms with E-state index in [1.165, 1.54) is 11.0 Å². The van der Waals surface area contributed by atoms with Gasteiger partial charge in [0.2, 0.25) is 17.7 Å². The Kier molecular flexibility index (Phi) is 17.9. The van der Waals surface area contributed by atoms with Gasteiger partial charge in [-0.05, 0) is 84.2 Å². The number of aromatic nitrogens is 3. The number of hydrogen-bond donors (Lipinski definition) is 5. The second kappa shape index (κ2) is 24.7. The standard InChI is InChI=1S/C57H69ClFN9O8S/c1-34(76-56-64-50-44(53(65-56)67-22-18-60-19-23-67)29-45(58)48(49(50)59)43-27-39(69)26-38-8-6-7-9-42(38)43)30-66-20-15-41(16-21-66)75-25-24-74-32-47(71)63-52(57(3,4)5)55(73)68-31-40(70)28-46(68)54(72)61-17-14-36-10-12-37(13-11-36)51-35(2)62-33-77-51/h6-13,26-27,29,33-34,40-41,46,52,60,69-70H,14-25,28,30-32H2,1-5H3,(H,61,72)(H,63,71)/t34-,40+,46+,52-/m1/s1. The van der Waals surface area contributed by atoms with Gasteiger partial charge in [0.15, 0.2) is 5.82 Å². The molecule has 0 radical (unpaired) electrons. The van der Waals surface area contributed by atoms with E-state index in [0.29, 0.717) is 49.4 Å². The third-order valence-electron chi connectivity index (χ3n) is 14.5. The number of aromatic hydroxyl groups is 1. The zero-order chi connectivity index (χ0) is 54.4. The minimum Gasteiger partial charge on any atom is -0.508 e. The minimum atomic E-state index is -0.974. The molecule has 6 aromatic rings. The highest BCUT2D eigenvalue weighted by Gasteiger charge is 2.44. The fraction of sp³-hybridized carbons (Fsp3) is 0.474. The Bertz CT molecular complexity index is 3050. The van der Waals surface area contributed by atoms with Crippen molar-refractivity contribution in [2.24, 2.45) is 5.41 Å². The van der Waals surface area contributed by atoms with E-state index in [1.807, 2.05) is 88.7 Å². The normalized spacial score (nSPS) is 18.4. The number of nitrogens with zero attached hydrogens (tertiary/aromatic N) is 6. The number of piperidine rings is 1. The van der Waals surface area contributed by atoms with Gasteiger partial charge in [0, 0.05) is 76.3 Å². The third-order valence-corrected chi connectivity index (χ3v) is 15.8. The molecular weight excluding hydrogens is 1030 g/mol. The number of amides is 3. The molecule has 5 N–H and O–H groups in total. The number of β-amino-alcohol motifs (C(OH)–C–C–N with tert-alkyl or cyclic N) is 1. The van der Waals surface area contributed by atoms with Crippen molar-refractivity contribution in [2.45, 2.75) is 90.7 Å². The van der Waals surface area contributed by atoms with E-state index in [9.17, 15) is 24.6 Å². The highest BCUT2D eigenvalue weighted by atomic mass is 35.5. The molecule has 4 atom stereocenters. The van der Waals surface area contributed by atoms with Crippen molar-refractivity contribution in [3.63, 3.8) is 0 Å². The number of phenols is 1. The van der Waals surface area contributed by atoms with Crippen molar-refractivity contribution >= 4 is 68.2 Å². The second-order valence-corrected chi connectivity index (χ2v) is 22.6. The van der Waals surface area contributed by atoms with E-state index in [2.05, 4.69) is 35.7 Å². The maximum absolute atomic E-state index is 17.0. The smallest absolute Gasteiger partial charge is 0.319 e. The summed E-state index contributed by atoms with van der Waals surface area (Å²) in [5, 5.41) is 32.6. The van der Waals surface area contributed by atoms with Crippen LogP contribution in [0, 0.1) is 18.2 Å². The molecule has 0 unspecified atom stereocenters. The van der Waals surface area contributed by atoms with Gasteiger partial charge in [0.25, 0.3) is 0 Å². The van der Waals surface area contributed by atoms with Crippen molar-refractivity contribution in [3.05, 3.63) is 94.3 Å². The largest absolute Gasteiger partial charge is 0.508 e. The number of nitrogens with one attached hydrogen (secondary N) is 3. The number of aryl methyl sites for hydroxylation is 1. The van der Waals surface area contributed by atoms with Gasteiger partial charge in [0.1, 0.15) is 41.9 Å². The molecular formula is C57H69ClFN9O8S. The first kappa shape index (κ1) is 55.7. The molecule has 9 rings (SSSR count). The summed E-state index contributed by atoms with van der Waals surface area (Å²) < 4.78 is 35.2. The molecule has 0 saturated carbocycles. The lowest BCUT2D eigenvalue weighted by atomic mass is 9.85. The van der Waals surface area contributed by atoms with Crippen LogP contribution in [0.25, 0.3) is 43.2 Å². The molecule has 3 aliphatic rings. The van der Waals surface area contributed by atoms with E-state index >= 15 is 4.39 Å². The van der Waals surface area contributed by atoms with E-state index in [4.69, 9.17) is 30.8 Å². The van der Waals surface area contributed by atoms with Gasteiger partial charge in [-0.2, -0.15) is 9.97 Å². The van der Waals surface area contributed by atoms with Gasteiger partial charge in [0.05, 0.1) is 46.5 Å². The number of phenolic OH excluding ortho intramolecular Hbond substituents is 1. The summed E-state index contributed by atoms with van der Waals surface area (Å²) in [4.78, 5) is 61.5. The van der Waals surface area contributed by atoms with Gasteiger partial charge < -0.3 is 50.2 Å². The van der Waals surface area contributed by atoms with Crippen LogP contribution in [0.1, 0.15) is 58.2 Å². The highest BCUT2D eigenvalue weighted by Crippen LogP contribution is 2.43. The number of aliphatic hydroxyl groups excluding tert-OH is 1. The Balaban J connectivity index is 0.726. The number of anilines is 1. The first-order valence-corrected chi connectivity index (χ1v) is 27.8. The SMILES string of the molecule is Cc1ncsc1-c1ccc(CCNC(=O)[C@@H]2C[C@H](O)CN2C(=O)[C@@H](NC(=O)COCCOC2CCN(C[C@@H](C)Oc3nc(N4CCNCC4)c4cc(Cl)c(-c5cc(O)cc6ccccc56)c(F)c4n3)CC2)C(C)(C)C)cc1. The summed E-state index contributed by atoms with van der Waals surface area (Å²) in [6.45, 7) is 14.8. The number of ether oxygens (including phenoxy) is 3. The Morgan fingerprint density at radius 2 is 1.74 bits per heavy atom. The maximum Gasteiger partial charge on any atom is 0.319 e. The van der Waals surface area contributed by atoms with Crippen LogP contribution in [-0.4, -0.2) is 162 Å². The van der Waals surface area contributed by atoms with Crippen molar-refractivity contribution in [1.82, 2.24) is 40.7 Å². The van der Waals surface area contributed by atoms with Crippen molar-refractivity contribution in [3.8, 4) is 33.3 Å². The topological polar surface area (TPSA) is 204 Å². The fourth-order valence-electron chi connectivity index (χ4n) is 10.5. The molecule has 0 aliphatic carbocycles. The number of aliphatic hydroxyl groups is 1. The number of likely N-dealkylation sites (tertiary alicyclic amines) is 2. The second-order valence-electron chi connectivity index (χ2n) is 21.3. The van der Waals surface area contributed by atoms with Crippen LogP contribution >= 0.6 is 22.9 Å². The third kappa shape index (κ3) is 13.4. The molecule has 20 heteroatoms. The molecule has 3 aliphatic heterocycles. The van der Waals surface area contributed by atoms with E-state index < -0.39 is 41.2 Å². The lowest BCUT2D eigenvalue weighted by Gasteiger charge is -2.35. The molecule has 0 spiro atoms. The van der Waals surface area contributed by atoms with Crippen LogP contribution < -0.4 is 25.6 Å². The van der Waals surface area contributed by atoms with Gasteiger partial charge >= 0.3 is 6.01 Å². The molecule has 77 heavy (non-hydrogen) atoms. The average Bonchev–Trinajstić information content (AvgIpc) is 4.03. The predicted molar refractivity (Wildman–Crippen MR) is 297 cm³/mol. The number of thiazole rings is 1. The van der Waals surface area contributed by atoms with Gasteiger partial charge in [-0.1, -0.05) is 80.9 Å². The van der Waals surface area contributed by atoms with E-state index in [0.717, 1.165) is 71.5 Å². The Morgan fingerprint density at radius 3 is 2.47 bits per heavy atom. The number of hydrogen-bond acceptors (Lipinski definition) is 15. The molecule has 4 aromatic carbocycles. The monoisotopic (exact) mass is 1090 g/mol. The van der Waals surface area contributed by atoms with Gasteiger partial charge in [-0.3, -0.25) is 19.3 Å². The molecule has 0 bridgehead atoms. The Labute approximate surface area is 457 Å². The number of piperazine rings is 1. The lowest BCUT2D eigenvalue weighted by Crippen LogP contribution is -2.58. The number of carbonyl (C=O) groups is 3. The summed E-state index contributed by atoms with van der Waals surface area (Å²) in [6.07, 6.45) is 1.01. The molecule has 5 heterocycles. The molecule has 3 fully saturated rings. The highest BCUT2D eigenvalue weighted by molar-refractivity contribution is 7.13. The maximum atomic E-state index is 17.0. The summed E-state index contributed by atoms with van der Waals surface area (Å²) >= 11 is 8.50. The van der Waals surface area contributed by atoms with Gasteiger partial charge in [-0.25, -0.2) is 9.37 Å². The zero-order valence-corrected chi connectivity index (χ0v) is 45.9. The average molecular weight is 1090 g/mol. The zero-order valence-electron chi connectivity index (χ0n) is 44.3. The van der Waals surface area contributed by atoms with Crippen LogP contribution in [0.3, 0.4) is 0 Å². The number of carbonyl (C=O) groups excluding carboxylic acids is 3. The van der Waals surface area contributed by atoms with Crippen LogP contribution in [0.2, 0.25) is 5.02 Å². The van der Waals surface area contributed by atoms with Crippen LogP contribution in [0.5, 0.6) is 11.8 Å². The first-order valence-electron chi connectivity index (χ1n) is 26.5. The van der Waals surface area contributed by atoms with Crippen LogP contribution in [0.4, 0.5) is 10.2 Å². The van der Waals surface area contributed by atoms with Crippen LogP contribution in [0.15, 0.2) is 72.2 Å². The van der Waals surface area contributed by atoms with Crippen molar-refractivity contribution in [1.29, 1.82) is 0 Å². The summed E-state index contributed by atoms with van der Waals surface area (Å²) in [7, 11) is 0. The Morgan fingerprint density at radius 1 is 0.987 bits per heavy atom. The number of halogens is 2. The van der Waals surface area contributed by atoms with Crippen molar-refractivity contribution in [2.75, 3.05) is 83.6 Å². The number of benzene rings is 4. The van der Waals surface area contributed by atoms with E-state index in [-0.39, 0.29) is 78.8 Å². The Hall–Kier alpha value is -6.06. The molecule has 3 saturated heterocycles. The predicted octanol–water partition coefficient (Wildman–Crippen LogP) is 6.91. The summed E-state index contributed by atoms with van der Waals surface area (Å²) in [5.74, 6) is -1.35. The van der Waals surface area contributed by atoms with Gasteiger partial charge in [-0.15, -0.1) is 11.3 Å². The molecule has 3 amide bonds. The van der Waals surface area contributed by atoms with Crippen molar-refractivity contribution < 1.29 is 43.2 Å². The number of fused-ring (bicyclic) bond motifs is 2. The fourth-order valence-corrected chi connectivity index (χ4v) is 11.6. The first-order chi connectivity index (χ1) is 37.0. The molecule has 2 aromatic heterocycles. The minimum absolute atomic E-state index is 0.00573. The molecule has 410 valence electrons. The van der Waals surface area contributed by atoms with Crippen LogP contribution in [-0.2, 0) is 30.3 Å².